The van der Waals surface area contributed by atoms with Gasteiger partial charge in [0.25, 0.3) is 0 Å². The predicted octanol–water partition coefficient (Wildman–Crippen LogP) is 4.12. The number of ketones is 2. The molecule has 0 radical (unpaired) electrons. The van der Waals surface area contributed by atoms with E-state index in [0.717, 1.165) is 0 Å². The molecule has 3 rings (SSSR count). The third-order valence-corrected chi connectivity index (χ3v) is 3.86. The average molecular weight is 330 g/mol. The van der Waals surface area contributed by atoms with Gasteiger partial charge < -0.3 is 5.11 Å². The Balaban J connectivity index is 1.90. The van der Waals surface area contributed by atoms with Gasteiger partial charge in [-0.3, -0.25) is 9.59 Å². The van der Waals surface area contributed by atoms with E-state index in [4.69, 9.17) is 0 Å². The molecule has 0 heterocycles. The van der Waals surface area contributed by atoms with E-state index in [1.807, 2.05) is 0 Å². The monoisotopic (exact) mass is 330 g/mol. The van der Waals surface area contributed by atoms with Gasteiger partial charge in [-0.05, 0) is 17.2 Å². The first-order valence-electron chi connectivity index (χ1n) is 7.65. The van der Waals surface area contributed by atoms with Crippen LogP contribution in [-0.2, 0) is 0 Å². The van der Waals surface area contributed by atoms with Crippen LogP contribution in [0, 0.1) is 0 Å². The summed E-state index contributed by atoms with van der Waals surface area (Å²) < 4.78 is 0. The minimum atomic E-state index is -1.02. The van der Waals surface area contributed by atoms with E-state index in [9.17, 15) is 19.5 Å². The minimum absolute atomic E-state index is 0.182. The van der Waals surface area contributed by atoms with Crippen molar-refractivity contribution in [3.05, 3.63) is 95.6 Å². The Morgan fingerprint density at radius 3 is 1.72 bits per heavy atom. The first-order valence-corrected chi connectivity index (χ1v) is 7.65. The molecule has 3 aromatic rings. The lowest BCUT2D eigenvalue weighted by Crippen LogP contribution is -2.14. The zero-order valence-corrected chi connectivity index (χ0v) is 13.2. The van der Waals surface area contributed by atoms with Crippen molar-refractivity contribution >= 4 is 17.5 Å². The Kier molecular flexibility index (Phi) is 4.53. The molecule has 0 saturated carbocycles. The molecule has 122 valence electrons. The lowest BCUT2D eigenvalue weighted by molar-refractivity contribution is 0.0697. The summed E-state index contributed by atoms with van der Waals surface area (Å²) in [5.41, 5.74) is 2.02. The number of rotatable bonds is 5. The molecule has 25 heavy (non-hydrogen) atoms. The van der Waals surface area contributed by atoms with Gasteiger partial charge in [0.15, 0.2) is 0 Å². The van der Waals surface area contributed by atoms with Gasteiger partial charge in [-0.1, -0.05) is 72.8 Å². The SMILES string of the molecule is O=C(C(=O)c1ccc(-c2ccccc2C(=O)O)cc1)c1ccccc1. The van der Waals surface area contributed by atoms with Gasteiger partial charge in [-0.2, -0.15) is 0 Å². The standard InChI is InChI=1S/C21H14O4/c22-19(15-6-2-1-3-7-15)20(23)16-12-10-14(11-13-16)17-8-4-5-9-18(17)21(24)25/h1-13H,(H,24,25). The number of carbonyl (C=O) groups is 3. The third kappa shape index (κ3) is 3.38. The molecular formula is C21H14O4. The van der Waals surface area contributed by atoms with Crippen LogP contribution < -0.4 is 0 Å². The van der Waals surface area contributed by atoms with Gasteiger partial charge in [0, 0.05) is 11.1 Å². The van der Waals surface area contributed by atoms with E-state index in [-0.39, 0.29) is 11.1 Å². The number of hydrogen-bond acceptors (Lipinski definition) is 3. The van der Waals surface area contributed by atoms with E-state index in [1.165, 1.54) is 18.2 Å². The summed E-state index contributed by atoms with van der Waals surface area (Å²) in [5, 5.41) is 9.27. The van der Waals surface area contributed by atoms with Crippen molar-refractivity contribution in [2.45, 2.75) is 0 Å². The summed E-state index contributed by atoms with van der Waals surface area (Å²) in [6, 6.07) is 21.4. The molecule has 0 fully saturated rings. The van der Waals surface area contributed by atoms with Crippen LogP contribution in [0.3, 0.4) is 0 Å². The highest BCUT2D eigenvalue weighted by Crippen LogP contribution is 2.24. The highest BCUT2D eigenvalue weighted by molar-refractivity contribution is 6.49. The van der Waals surface area contributed by atoms with Crippen molar-refractivity contribution in [3.63, 3.8) is 0 Å². The second-order valence-electron chi connectivity index (χ2n) is 5.45. The topological polar surface area (TPSA) is 71.4 Å². The van der Waals surface area contributed by atoms with Gasteiger partial charge >= 0.3 is 5.97 Å². The smallest absolute Gasteiger partial charge is 0.336 e. The molecule has 0 aliphatic rings. The molecule has 0 aliphatic carbocycles. The summed E-state index contributed by atoms with van der Waals surface area (Å²) >= 11 is 0. The molecule has 0 unspecified atom stereocenters. The highest BCUT2D eigenvalue weighted by Gasteiger charge is 2.18. The Morgan fingerprint density at radius 2 is 1.12 bits per heavy atom. The van der Waals surface area contributed by atoms with Crippen molar-refractivity contribution in [1.82, 2.24) is 0 Å². The molecule has 4 nitrogen and oxygen atoms in total. The van der Waals surface area contributed by atoms with Gasteiger partial charge in [-0.25, -0.2) is 4.79 Å². The molecule has 4 heteroatoms. The van der Waals surface area contributed by atoms with Crippen LogP contribution >= 0.6 is 0 Å². The Hall–Kier alpha value is -3.53. The average Bonchev–Trinajstić information content (AvgIpc) is 2.67. The van der Waals surface area contributed by atoms with Crippen LogP contribution in [0.2, 0.25) is 0 Å². The van der Waals surface area contributed by atoms with Crippen LogP contribution in [0.25, 0.3) is 11.1 Å². The fourth-order valence-corrected chi connectivity index (χ4v) is 2.57. The zero-order valence-electron chi connectivity index (χ0n) is 13.2. The molecule has 0 amide bonds. The fourth-order valence-electron chi connectivity index (χ4n) is 2.57. The van der Waals surface area contributed by atoms with Gasteiger partial charge in [0.2, 0.25) is 11.6 Å². The van der Waals surface area contributed by atoms with Gasteiger partial charge in [0.1, 0.15) is 0 Å². The third-order valence-electron chi connectivity index (χ3n) is 3.86. The first-order chi connectivity index (χ1) is 12.1. The Morgan fingerprint density at radius 1 is 0.600 bits per heavy atom. The quantitative estimate of drug-likeness (QED) is 0.564. The van der Waals surface area contributed by atoms with Crippen LogP contribution in [0.4, 0.5) is 0 Å². The van der Waals surface area contributed by atoms with Crippen molar-refractivity contribution in [1.29, 1.82) is 0 Å². The maximum Gasteiger partial charge on any atom is 0.336 e. The summed E-state index contributed by atoms with van der Waals surface area (Å²) in [6.07, 6.45) is 0. The van der Waals surface area contributed by atoms with E-state index < -0.39 is 17.5 Å². The number of carbonyl (C=O) groups excluding carboxylic acids is 2. The minimum Gasteiger partial charge on any atom is -0.478 e. The maximum absolute atomic E-state index is 12.3. The van der Waals surface area contributed by atoms with Crippen LogP contribution in [0.5, 0.6) is 0 Å². The number of aromatic carboxylic acids is 1. The molecule has 0 bridgehead atoms. The second kappa shape index (κ2) is 6.93. The summed E-state index contributed by atoms with van der Waals surface area (Å²) in [5.74, 6) is -2.18. The largest absolute Gasteiger partial charge is 0.478 e. The van der Waals surface area contributed by atoms with Gasteiger partial charge in [0.05, 0.1) is 5.56 Å². The van der Waals surface area contributed by atoms with Crippen molar-refractivity contribution < 1.29 is 19.5 Å². The zero-order chi connectivity index (χ0) is 17.8. The number of carboxylic acids is 1. The fraction of sp³-hybridized carbons (Fsp3) is 0. The second-order valence-corrected chi connectivity index (χ2v) is 5.45. The molecule has 0 atom stereocenters. The summed E-state index contributed by atoms with van der Waals surface area (Å²) in [4.78, 5) is 35.9. The number of benzene rings is 3. The van der Waals surface area contributed by atoms with Gasteiger partial charge in [-0.15, -0.1) is 0 Å². The van der Waals surface area contributed by atoms with Crippen LogP contribution in [-0.4, -0.2) is 22.6 Å². The van der Waals surface area contributed by atoms with E-state index in [2.05, 4.69) is 0 Å². The summed E-state index contributed by atoms with van der Waals surface area (Å²) in [7, 11) is 0. The van der Waals surface area contributed by atoms with Crippen molar-refractivity contribution in [3.8, 4) is 11.1 Å². The first kappa shape index (κ1) is 16.3. The summed E-state index contributed by atoms with van der Waals surface area (Å²) in [6.45, 7) is 0. The van der Waals surface area contributed by atoms with E-state index >= 15 is 0 Å². The molecule has 0 spiro atoms. The molecule has 0 aromatic heterocycles. The predicted molar refractivity (Wildman–Crippen MR) is 93.9 cm³/mol. The van der Waals surface area contributed by atoms with Crippen LogP contribution in [0.1, 0.15) is 31.1 Å². The molecule has 3 aromatic carbocycles. The number of carboxylic acid groups (broad SMARTS) is 1. The van der Waals surface area contributed by atoms with Crippen LogP contribution in [0.15, 0.2) is 78.9 Å². The van der Waals surface area contributed by atoms with Crippen molar-refractivity contribution in [2.24, 2.45) is 0 Å². The molecular weight excluding hydrogens is 316 g/mol. The highest BCUT2D eigenvalue weighted by atomic mass is 16.4. The Bertz CT molecular complexity index is 941. The van der Waals surface area contributed by atoms with E-state index in [1.54, 1.807) is 60.7 Å². The number of Topliss-reactive ketones (excluding diaryl/α,β-unsaturated/α-hetero) is 2. The Labute approximate surface area is 144 Å². The number of hydrogen-bond donors (Lipinski definition) is 1. The molecule has 0 aliphatic heterocycles. The lowest BCUT2D eigenvalue weighted by atomic mass is 9.96. The molecule has 0 saturated heterocycles. The molecule has 1 N–H and O–H groups in total. The van der Waals surface area contributed by atoms with Crippen molar-refractivity contribution in [2.75, 3.05) is 0 Å². The maximum atomic E-state index is 12.3. The lowest BCUT2D eigenvalue weighted by Gasteiger charge is -2.07. The normalized spacial score (nSPS) is 10.2. The van der Waals surface area contributed by atoms with E-state index in [0.29, 0.717) is 16.7 Å².